The predicted octanol–water partition coefficient (Wildman–Crippen LogP) is 1.48. The van der Waals surface area contributed by atoms with Gasteiger partial charge in [0.25, 0.3) is 5.52 Å². The lowest BCUT2D eigenvalue weighted by molar-refractivity contribution is -0.643. The molecule has 0 atom stereocenters. The highest BCUT2D eigenvalue weighted by Gasteiger charge is 2.11. The number of nitrogens with zero attached hydrogens (tertiary/aromatic N) is 3. The van der Waals surface area contributed by atoms with E-state index in [-0.39, 0.29) is 12.6 Å². The highest BCUT2D eigenvalue weighted by molar-refractivity contribution is 6.31. The summed E-state index contributed by atoms with van der Waals surface area (Å²) in [6.07, 6.45) is 1.55. The zero-order valence-electron chi connectivity index (χ0n) is 8.26. The molecule has 0 aliphatic heterocycles. The van der Waals surface area contributed by atoms with Gasteiger partial charge in [0, 0.05) is 11.1 Å². The van der Waals surface area contributed by atoms with Crippen molar-refractivity contribution in [2.75, 3.05) is 6.61 Å². The molecule has 0 spiro atoms. The Morgan fingerprint density at radius 1 is 1.56 bits per heavy atom. The molecule has 0 saturated heterocycles. The molecule has 0 amide bonds. The number of benzene rings is 1. The molecule has 5 nitrogen and oxygen atoms in total. The monoisotopic (exact) mass is 237 g/mol. The zero-order valence-corrected chi connectivity index (χ0v) is 9.02. The summed E-state index contributed by atoms with van der Waals surface area (Å²) >= 11 is 5.76. The molecule has 0 unspecified atom stereocenters. The molecule has 0 radical (unpaired) electrons. The van der Waals surface area contributed by atoms with Gasteiger partial charge in [-0.25, -0.2) is 0 Å². The molecule has 0 aliphatic rings. The highest BCUT2D eigenvalue weighted by Crippen LogP contribution is 2.15. The molecule has 82 valence electrons. The molecule has 1 heterocycles. The third-order valence-corrected chi connectivity index (χ3v) is 2.10. The molecule has 1 aromatic heterocycles. The van der Waals surface area contributed by atoms with Crippen molar-refractivity contribution < 1.29 is 9.58 Å². The predicted molar refractivity (Wildman–Crippen MR) is 59.2 cm³/mol. The minimum Gasteiger partial charge on any atom is -0.594 e. The van der Waals surface area contributed by atoms with E-state index in [1.54, 1.807) is 18.2 Å². The lowest BCUT2D eigenvalue weighted by atomic mass is 10.3. The first kappa shape index (κ1) is 10.6. The fourth-order valence-electron chi connectivity index (χ4n) is 1.20. The number of aromatic nitrogens is 3. The van der Waals surface area contributed by atoms with Crippen molar-refractivity contribution >= 4 is 22.6 Å². The Bertz CT molecular complexity index is 545. The molecule has 2 aromatic rings. The standard InChI is InChI=1S/C10H8ClN3O2/c1-2-5-16-10-12-8-4-3-7(11)6-9(8)14(15)13-10/h2-4,6H,1,5H2. The van der Waals surface area contributed by atoms with E-state index in [4.69, 9.17) is 16.3 Å². The van der Waals surface area contributed by atoms with Crippen LogP contribution < -0.4 is 9.58 Å². The summed E-state index contributed by atoms with van der Waals surface area (Å²) in [5.74, 6) is 0. The first-order valence-corrected chi connectivity index (χ1v) is 4.89. The summed E-state index contributed by atoms with van der Waals surface area (Å²) < 4.78 is 5.08. The highest BCUT2D eigenvalue weighted by atomic mass is 35.5. The van der Waals surface area contributed by atoms with Gasteiger partial charge in [-0.2, -0.15) is 4.98 Å². The molecule has 0 bridgehead atoms. The van der Waals surface area contributed by atoms with Crippen LogP contribution in [0.25, 0.3) is 11.0 Å². The van der Waals surface area contributed by atoms with Gasteiger partial charge in [0.15, 0.2) is 0 Å². The second-order valence-corrected chi connectivity index (χ2v) is 3.44. The van der Waals surface area contributed by atoms with Gasteiger partial charge in [0.05, 0.1) is 5.10 Å². The van der Waals surface area contributed by atoms with Crippen LogP contribution in [0.3, 0.4) is 0 Å². The Labute approximate surface area is 96.5 Å². The van der Waals surface area contributed by atoms with Crippen molar-refractivity contribution in [1.29, 1.82) is 0 Å². The summed E-state index contributed by atoms with van der Waals surface area (Å²) in [4.78, 5) is 4.49. The van der Waals surface area contributed by atoms with Gasteiger partial charge in [-0.05, 0) is 17.0 Å². The molecule has 0 saturated carbocycles. The Hall–Kier alpha value is -1.88. The minimum absolute atomic E-state index is 0.0183. The third-order valence-electron chi connectivity index (χ3n) is 1.87. The van der Waals surface area contributed by atoms with E-state index in [0.717, 1.165) is 0 Å². The summed E-state index contributed by atoms with van der Waals surface area (Å²) in [5, 5.41) is 15.6. The van der Waals surface area contributed by atoms with Gasteiger partial charge in [-0.1, -0.05) is 24.3 Å². The van der Waals surface area contributed by atoms with Gasteiger partial charge >= 0.3 is 6.01 Å². The lowest BCUT2D eigenvalue weighted by Crippen LogP contribution is -2.33. The molecule has 2 rings (SSSR count). The second kappa shape index (κ2) is 4.32. The summed E-state index contributed by atoms with van der Waals surface area (Å²) in [7, 11) is 0. The van der Waals surface area contributed by atoms with Crippen LogP contribution >= 0.6 is 11.6 Å². The Balaban J connectivity index is 2.50. The van der Waals surface area contributed by atoms with Crippen molar-refractivity contribution in [3.05, 3.63) is 41.1 Å². The van der Waals surface area contributed by atoms with E-state index in [1.165, 1.54) is 6.07 Å². The normalized spacial score (nSPS) is 10.3. The van der Waals surface area contributed by atoms with Crippen LogP contribution in [0.1, 0.15) is 0 Å². The van der Waals surface area contributed by atoms with Crippen LogP contribution in [0, 0.1) is 5.21 Å². The maximum atomic E-state index is 11.5. The Kier molecular flexibility index (Phi) is 2.87. The fourth-order valence-corrected chi connectivity index (χ4v) is 1.36. The quantitative estimate of drug-likeness (QED) is 0.461. The molecule has 16 heavy (non-hydrogen) atoms. The minimum atomic E-state index is 0.0183. The van der Waals surface area contributed by atoms with Crippen LogP contribution in [0.5, 0.6) is 6.01 Å². The zero-order chi connectivity index (χ0) is 11.5. The van der Waals surface area contributed by atoms with Crippen molar-refractivity contribution in [1.82, 2.24) is 10.1 Å². The van der Waals surface area contributed by atoms with Crippen molar-refractivity contribution in [2.24, 2.45) is 0 Å². The van der Waals surface area contributed by atoms with Crippen LogP contribution in [0.4, 0.5) is 0 Å². The fraction of sp³-hybridized carbons (Fsp3) is 0.100. The maximum Gasteiger partial charge on any atom is 0.381 e. The molecule has 0 aliphatic carbocycles. The molecular weight excluding hydrogens is 230 g/mol. The average molecular weight is 238 g/mol. The van der Waals surface area contributed by atoms with Crippen molar-refractivity contribution in [3.8, 4) is 6.01 Å². The van der Waals surface area contributed by atoms with E-state index in [0.29, 0.717) is 20.9 Å². The largest absolute Gasteiger partial charge is 0.594 e. The first-order valence-electron chi connectivity index (χ1n) is 4.51. The maximum absolute atomic E-state index is 11.5. The van der Waals surface area contributed by atoms with Crippen LogP contribution in [0.2, 0.25) is 5.02 Å². The molecule has 0 N–H and O–H groups in total. The third kappa shape index (κ3) is 2.04. The Morgan fingerprint density at radius 2 is 2.38 bits per heavy atom. The summed E-state index contributed by atoms with van der Waals surface area (Å²) in [6.45, 7) is 3.74. The second-order valence-electron chi connectivity index (χ2n) is 3.00. The molecule has 1 aromatic carbocycles. The smallest absolute Gasteiger partial charge is 0.381 e. The van der Waals surface area contributed by atoms with E-state index >= 15 is 0 Å². The van der Waals surface area contributed by atoms with E-state index < -0.39 is 0 Å². The van der Waals surface area contributed by atoms with Gasteiger partial charge < -0.3 is 9.94 Å². The van der Waals surface area contributed by atoms with Gasteiger partial charge in [0.2, 0.25) is 0 Å². The number of fused-ring (bicyclic) bond motifs is 1. The number of halogens is 1. The van der Waals surface area contributed by atoms with Crippen molar-refractivity contribution in [3.63, 3.8) is 0 Å². The molecule has 0 fully saturated rings. The number of hydrogen-bond acceptors (Lipinski definition) is 4. The molecular formula is C10H8ClN3O2. The average Bonchev–Trinajstić information content (AvgIpc) is 2.27. The van der Waals surface area contributed by atoms with Crippen molar-refractivity contribution in [2.45, 2.75) is 0 Å². The summed E-state index contributed by atoms with van der Waals surface area (Å²) in [6, 6.07) is 4.80. The SMILES string of the molecule is C=CCOc1nc2ccc(Cl)cc2[n+]([O-])n1. The number of ether oxygens (including phenoxy) is 1. The van der Waals surface area contributed by atoms with Gasteiger partial charge in [0.1, 0.15) is 12.1 Å². The lowest BCUT2D eigenvalue weighted by Gasteiger charge is -2.02. The number of hydrogen-bond donors (Lipinski definition) is 0. The van der Waals surface area contributed by atoms with E-state index in [2.05, 4.69) is 16.7 Å². The van der Waals surface area contributed by atoms with E-state index in [9.17, 15) is 5.21 Å². The summed E-state index contributed by atoms with van der Waals surface area (Å²) in [5.41, 5.74) is 0.784. The molecule has 6 heteroatoms. The van der Waals surface area contributed by atoms with Gasteiger partial charge in [-0.3, -0.25) is 0 Å². The van der Waals surface area contributed by atoms with E-state index in [1.807, 2.05) is 0 Å². The van der Waals surface area contributed by atoms with Crippen LogP contribution in [0.15, 0.2) is 30.9 Å². The van der Waals surface area contributed by atoms with Gasteiger partial charge in [-0.15, -0.1) is 0 Å². The van der Waals surface area contributed by atoms with Crippen LogP contribution in [-0.4, -0.2) is 16.7 Å². The first-order chi connectivity index (χ1) is 7.70. The number of rotatable bonds is 3. The van der Waals surface area contributed by atoms with Crippen LogP contribution in [-0.2, 0) is 0 Å². The topological polar surface area (TPSA) is 62.0 Å². The Morgan fingerprint density at radius 3 is 3.12 bits per heavy atom.